The number of ether oxygens (including phenoxy) is 5. The van der Waals surface area contributed by atoms with Crippen LogP contribution in [0.25, 0.3) is 0 Å². The van der Waals surface area contributed by atoms with Gasteiger partial charge < -0.3 is 43.9 Å². The maximum absolute atomic E-state index is 13.9. The van der Waals surface area contributed by atoms with Crippen LogP contribution in [-0.2, 0) is 35.0 Å². The molecule has 14 atom stereocenters. The second kappa shape index (κ2) is 17.9. The van der Waals surface area contributed by atoms with Crippen LogP contribution in [-0.4, -0.2) is 136 Å². The molecule has 51 heavy (non-hydrogen) atoms. The fourth-order valence-electron chi connectivity index (χ4n) is 8.45. The lowest BCUT2D eigenvalue weighted by atomic mass is 9.77. The van der Waals surface area contributed by atoms with Crippen molar-refractivity contribution in [2.45, 2.75) is 147 Å². The van der Waals surface area contributed by atoms with Crippen LogP contribution >= 0.6 is 0 Å². The predicted molar refractivity (Wildman–Crippen MR) is 194 cm³/mol. The monoisotopic (exact) mass is 719 g/mol. The minimum atomic E-state index is -1.59. The molecule has 2 unspecified atom stereocenters. The highest BCUT2D eigenvalue weighted by Gasteiger charge is 2.51. The Bertz CT molecular complexity index is 1270. The molecular weight excluding hydrogens is 654 g/mol. The van der Waals surface area contributed by atoms with Gasteiger partial charge in [-0.25, -0.2) is 0 Å². The molecule has 2 saturated heterocycles. The normalized spacial score (nSPS) is 43.2. The average molecular weight is 720 g/mol. The zero-order valence-corrected chi connectivity index (χ0v) is 32.5. The van der Waals surface area contributed by atoms with Crippen LogP contribution in [0.4, 0.5) is 0 Å². The number of esters is 1. The van der Waals surface area contributed by atoms with Crippen molar-refractivity contribution < 1.29 is 43.8 Å². The Morgan fingerprint density at radius 1 is 1.06 bits per heavy atom. The number of hydrogen-bond acceptors (Lipinski definition) is 12. The van der Waals surface area contributed by atoms with E-state index in [1.54, 1.807) is 20.0 Å². The van der Waals surface area contributed by atoms with E-state index in [1.165, 1.54) is 0 Å². The van der Waals surface area contributed by atoms with Gasteiger partial charge in [0.05, 0.1) is 48.7 Å². The molecule has 1 aromatic heterocycles. The topological polar surface area (TPSA) is 143 Å². The van der Waals surface area contributed by atoms with Crippen molar-refractivity contribution in [1.29, 1.82) is 0 Å². The van der Waals surface area contributed by atoms with Crippen molar-refractivity contribution in [3.05, 3.63) is 42.2 Å². The largest absolute Gasteiger partial charge is 0.459 e. The molecule has 4 heterocycles. The van der Waals surface area contributed by atoms with Gasteiger partial charge in [0.2, 0.25) is 0 Å². The van der Waals surface area contributed by atoms with Crippen LogP contribution in [0, 0.1) is 17.8 Å². The number of hydrogen-bond donors (Lipinski definition) is 3. The highest BCUT2D eigenvalue weighted by atomic mass is 16.7. The summed E-state index contributed by atoms with van der Waals surface area (Å²) in [7, 11) is 3.85. The molecule has 0 radical (unpaired) electrons. The van der Waals surface area contributed by atoms with Crippen LogP contribution in [0.15, 0.2) is 36.5 Å². The minimum Gasteiger partial charge on any atom is -0.459 e. The van der Waals surface area contributed by atoms with E-state index in [0.717, 1.165) is 5.69 Å². The maximum Gasteiger partial charge on any atom is 0.311 e. The first-order valence-corrected chi connectivity index (χ1v) is 18.8. The molecule has 0 aliphatic carbocycles. The number of carbonyl (C=O) groups excluding carboxylic acids is 1. The van der Waals surface area contributed by atoms with E-state index in [4.69, 9.17) is 23.7 Å². The number of carbonyl (C=O) groups is 1. The van der Waals surface area contributed by atoms with Gasteiger partial charge in [-0.1, -0.05) is 39.0 Å². The SMILES string of the molecule is CC[C@H]1OC(=O)C(C)C(O)[C@H](C)[C@@H](O[C@@H]2O[C@H](C)C[C@H](N(C)C)[C@H]2O)[C@@]2(C)C[C@@H](C)CN(Cc3ccccn3)[C@H](C)[C@H](OC/C=C\CO2)[C@]1(C)O. The fraction of sp³-hybridized carbons (Fsp3) is 0.795. The maximum atomic E-state index is 13.9. The molecule has 2 fully saturated rings. The van der Waals surface area contributed by atoms with Gasteiger partial charge in [-0.05, 0) is 86.0 Å². The third kappa shape index (κ3) is 9.96. The Kier molecular flexibility index (Phi) is 14.6. The summed E-state index contributed by atoms with van der Waals surface area (Å²) in [5.74, 6) is -2.28. The molecule has 12 nitrogen and oxygen atoms in total. The van der Waals surface area contributed by atoms with Gasteiger partial charge in [0.25, 0.3) is 0 Å². The number of aliphatic hydroxyl groups is 3. The fourth-order valence-corrected chi connectivity index (χ4v) is 8.45. The van der Waals surface area contributed by atoms with Crippen LogP contribution in [0.3, 0.4) is 0 Å². The van der Waals surface area contributed by atoms with Crippen molar-refractivity contribution in [1.82, 2.24) is 14.8 Å². The number of aliphatic hydroxyl groups excluding tert-OH is 2. The molecule has 2 bridgehead atoms. The van der Waals surface area contributed by atoms with Gasteiger partial charge in [-0.15, -0.1) is 0 Å². The van der Waals surface area contributed by atoms with E-state index in [-0.39, 0.29) is 37.3 Å². The molecule has 0 saturated carbocycles. The molecule has 1 aromatic rings. The van der Waals surface area contributed by atoms with E-state index in [1.807, 2.05) is 84.0 Å². The molecule has 3 aliphatic rings. The van der Waals surface area contributed by atoms with E-state index < -0.39 is 65.8 Å². The third-order valence-electron chi connectivity index (χ3n) is 11.4. The van der Waals surface area contributed by atoms with Crippen molar-refractivity contribution >= 4 is 5.97 Å². The Labute approximate surface area is 305 Å². The lowest BCUT2D eigenvalue weighted by Crippen LogP contribution is -2.60. The molecule has 290 valence electrons. The Balaban J connectivity index is 1.87. The number of nitrogens with zero attached hydrogens (tertiary/aromatic N) is 3. The van der Waals surface area contributed by atoms with E-state index >= 15 is 0 Å². The predicted octanol–water partition coefficient (Wildman–Crippen LogP) is 3.56. The van der Waals surface area contributed by atoms with E-state index in [9.17, 15) is 20.1 Å². The zero-order valence-electron chi connectivity index (χ0n) is 32.5. The van der Waals surface area contributed by atoms with Gasteiger partial charge in [0.15, 0.2) is 6.29 Å². The van der Waals surface area contributed by atoms with Gasteiger partial charge in [-0.3, -0.25) is 14.7 Å². The Hall–Kier alpha value is -2.00. The number of cyclic esters (lactones) is 1. The minimum absolute atomic E-state index is 0.0000119. The number of pyridine rings is 1. The van der Waals surface area contributed by atoms with Crippen molar-refractivity contribution in [3.8, 4) is 0 Å². The van der Waals surface area contributed by atoms with Crippen LogP contribution in [0.1, 0.15) is 80.3 Å². The van der Waals surface area contributed by atoms with Crippen LogP contribution in [0.2, 0.25) is 0 Å². The quantitative estimate of drug-likeness (QED) is 0.292. The van der Waals surface area contributed by atoms with Gasteiger partial charge in [0, 0.05) is 37.3 Å². The zero-order chi connectivity index (χ0) is 37.7. The summed E-state index contributed by atoms with van der Waals surface area (Å²) in [4.78, 5) is 22.7. The summed E-state index contributed by atoms with van der Waals surface area (Å²) in [6.45, 7) is 16.6. The third-order valence-corrected chi connectivity index (χ3v) is 11.4. The van der Waals surface area contributed by atoms with Gasteiger partial charge in [-0.2, -0.15) is 0 Å². The lowest BCUT2D eigenvalue weighted by Gasteiger charge is -2.48. The standard InChI is InChI=1S/C39H65N3O9/c1-11-31-39(8,46)35-28(6)42(23-29-16-12-13-17-40-29)22-24(2)21-38(7,48-19-15-14-18-47-35)34(26(4)32(43)27(5)36(45)50-31)51-37-33(44)30(41(9)10)20-25(3)49-37/h12-17,24-28,30-35,37,43-44,46H,11,18-23H2,1-10H3/b15-14-/t24-,25-,26+,27?,28-,30+,31-,32?,33-,34-,35+,37+,38-,39-/m1/s1. The average Bonchev–Trinajstić information content (AvgIpc) is 3.08. The van der Waals surface area contributed by atoms with E-state index in [0.29, 0.717) is 32.4 Å². The molecular formula is C39H65N3O9. The first kappa shape index (κ1) is 41.8. The summed E-state index contributed by atoms with van der Waals surface area (Å²) in [6.07, 6.45) is 1.11. The molecule has 3 N–H and O–H groups in total. The van der Waals surface area contributed by atoms with Crippen molar-refractivity contribution in [2.75, 3.05) is 33.9 Å². The van der Waals surface area contributed by atoms with Crippen LogP contribution in [0.5, 0.6) is 0 Å². The number of likely N-dealkylation sites (N-methyl/N-ethyl adjacent to an activating group) is 1. The first-order chi connectivity index (χ1) is 24.0. The summed E-state index contributed by atoms with van der Waals surface area (Å²) < 4.78 is 32.4. The Morgan fingerprint density at radius 2 is 1.76 bits per heavy atom. The van der Waals surface area contributed by atoms with E-state index in [2.05, 4.69) is 16.8 Å². The molecule has 0 spiro atoms. The second-order valence-electron chi connectivity index (χ2n) is 16.0. The van der Waals surface area contributed by atoms with Gasteiger partial charge in [0.1, 0.15) is 23.9 Å². The van der Waals surface area contributed by atoms with Gasteiger partial charge >= 0.3 is 5.97 Å². The summed E-state index contributed by atoms with van der Waals surface area (Å²) in [5.41, 5.74) is -1.74. The molecule has 12 heteroatoms. The molecule has 3 aliphatic heterocycles. The number of fused-ring (bicyclic) bond motifs is 6. The van der Waals surface area contributed by atoms with Crippen molar-refractivity contribution in [3.63, 3.8) is 0 Å². The molecule has 0 aromatic carbocycles. The first-order valence-electron chi connectivity index (χ1n) is 18.8. The summed E-state index contributed by atoms with van der Waals surface area (Å²) in [6, 6.07) is 5.27. The van der Waals surface area contributed by atoms with Crippen LogP contribution < -0.4 is 0 Å². The summed E-state index contributed by atoms with van der Waals surface area (Å²) >= 11 is 0. The lowest BCUT2D eigenvalue weighted by molar-refractivity contribution is -0.303. The van der Waals surface area contributed by atoms with Crippen molar-refractivity contribution in [2.24, 2.45) is 17.8 Å². The molecule has 4 rings (SSSR count). The second-order valence-corrected chi connectivity index (χ2v) is 16.0. The summed E-state index contributed by atoms with van der Waals surface area (Å²) in [5, 5.41) is 35.8. The molecule has 0 amide bonds. The highest BCUT2D eigenvalue weighted by molar-refractivity contribution is 5.73. The number of aromatic nitrogens is 1. The highest BCUT2D eigenvalue weighted by Crippen LogP contribution is 2.39. The number of rotatable bonds is 6. The Morgan fingerprint density at radius 3 is 2.41 bits per heavy atom. The smallest absolute Gasteiger partial charge is 0.311 e.